The van der Waals surface area contributed by atoms with Crippen LogP contribution >= 0.6 is 11.8 Å². The molecule has 1 aliphatic rings. The van der Waals surface area contributed by atoms with E-state index in [0.717, 1.165) is 12.8 Å². The van der Waals surface area contributed by atoms with E-state index < -0.39 is 0 Å². The van der Waals surface area contributed by atoms with Crippen molar-refractivity contribution < 1.29 is 9.59 Å². The number of amides is 2. The summed E-state index contributed by atoms with van der Waals surface area (Å²) in [5, 5.41) is 3.18. The second-order valence-electron chi connectivity index (χ2n) is 3.92. The van der Waals surface area contributed by atoms with E-state index in [1.165, 1.54) is 16.7 Å². The highest BCUT2D eigenvalue weighted by Gasteiger charge is 2.36. The molecule has 1 rings (SSSR count). The van der Waals surface area contributed by atoms with E-state index in [2.05, 4.69) is 17.2 Å². The van der Waals surface area contributed by atoms with Crippen molar-refractivity contribution in [3.63, 3.8) is 0 Å². The van der Waals surface area contributed by atoms with Crippen LogP contribution < -0.4 is 5.32 Å². The minimum Gasteiger partial charge on any atom is -0.356 e. The van der Waals surface area contributed by atoms with E-state index in [0.29, 0.717) is 11.7 Å². The number of unbranched alkanes of at least 4 members (excludes halogenated alkanes) is 1. The van der Waals surface area contributed by atoms with Gasteiger partial charge in [0.25, 0.3) is 0 Å². The lowest BCUT2D eigenvalue weighted by atomic mass is 10.2. The largest absolute Gasteiger partial charge is 0.356 e. The molecule has 0 spiro atoms. The molecule has 0 aliphatic carbocycles. The van der Waals surface area contributed by atoms with Crippen LogP contribution in [0.25, 0.3) is 0 Å². The molecule has 1 N–H and O–H groups in total. The second-order valence-corrected chi connectivity index (χ2v) is 5.09. The number of nitrogens with one attached hydrogen (secondary N) is 1. The number of nitrogens with zero attached hydrogens (tertiary/aromatic N) is 2. The van der Waals surface area contributed by atoms with Crippen LogP contribution in [-0.4, -0.2) is 47.8 Å². The monoisotopic (exact) mass is 257 g/mol. The van der Waals surface area contributed by atoms with E-state index in [-0.39, 0.29) is 23.5 Å². The van der Waals surface area contributed by atoms with Gasteiger partial charge in [-0.1, -0.05) is 25.1 Å². The van der Waals surface area contributed by atoms with Gasteiger partial charge in [-0.3, -0.25) is 19.5 Å². The van der Waals surface area contributed by atoms with Gasteiger partial charge >= 0.3 is 0 Å². The molecule has 0 radical (unpaired) electrons. The van der Waals surface area contributed by atoms with Crippen molar-refractivity contribution in [3.8, 4) is 0 Å². The zero-order chi connectivity index (χ0) is 12.8. The van der Waals surface area contributed by atoms with Crippen LogP contribution in [0.15, 0.2) is 4.99 Å². The molecule has 1 aliphatic heterocycles. The summed E-state index contributed by atoms with van der Waals surface area (Å²) in [6.07, 6.45) is 2.25. The van der Waals surface area contributed by atoms with E-state index in [4.69, 9.17) is 0 Å². The van der Waals surface area contributed by atoms with Crippen LogP contribution in [0.1, 0.15) is 26.2 Å². The van der Waals surface area contributed by atoms with Crippen molar-refractivity contribution in [3.05, 3.63) is 0 Å². The van der Waals surface area contributed by atoms with Gasteiger partial charge in [0.2, 0.25) is 11.8 Å². The Kier molecular flexibility index (Phi) is 5.47. The predicted octanol–water partition coefficient (Wildman–Crippen LogP) is 0.852. The van der Waals surface area contributed by atoms with Crippen LogP contribution in [0.2, 0.25) is 0 Å². The number of carbonyl (C=O) groups is 2. The van der Waals surface area contributed by atoms with Crippen molar-refractivity contribution in [2.24, 2.45) is 4.99 Å². The maximum absolute atomic E-state index is 11.8. The second kappa shape index (κ2) is 6.64. The molecule has 96 valence electrons. The fourth-order valence-corrected chi connectivity index (χ4v) is 2.65. The molecule has 2 amide bonds. The van der Waals surface area contributed by atoms with Crippen molar-refractivity contribution in [2.45, 2.75) is 31.4 Å². The van der Waals surface area contributed by atoms with Crippen molar-refractivity contribution in [2.75, 3.05) is 20.6 Å². The number of hydrogen-bond acceptors (Lipinski definition) is 4. The molecule has 0 saturated carbocycles. The molecular weight excluding hydrogens is 238 g/mol. The van der Waals surface area contributed by atoms with Gasteiger partial charge in [0, 0.05) is 27.1 Å². The highest BCUT2D eigenvalue weighted by molar-refractivity contribution is 8.15. The molecule has 0 unspecified atom stereocenters. The van der Waals surface area contributed by atoms with E-state index in [1.807, 2.05) is 0 Å². The average molecular weight is 257 g/mol. The standard InChI is InChI=1S/C11H19N3O2S/c1-4-5-6-13-9(15)7-8-10(16)14(3)11(12-2)17-8/h8H,4-7H2,1-3H3,(H,13,15)/t8-/m0/s1. The number of thioether (sulfide) groups is 1. The van der Waals surface area contributed by atoms with Gasteiger partial charge in [-0.05, 0) is 6.42 Å². The summed E-state index contributed by atoms with van der Waals surface area (Å²) in [5.74, 6) is -0.101. The first kappa shape index (κ1) is 14.0. The summed E-state index contributed by atoms with van der Waals surface area (Å²) in [4.78, 5) is 28.9. The van der Waals surface area contributed by atoms with Gasteiger partial charge in [-0.15, -0.1) is 0 Å². The normalized spacial score (nSPS) is 22.3. The molecule has 1 heterocycles. The first-order valence-electron chi connectivity index (χ1n) is 5.77. The van der Waals surface area contributed by atoms with Gasteiger partial charge in [0.1, 0.15) is 5.25 Å². The molecular formula is C11H19N3O2S. The summed E-state index contributed by atoms with van der Waals surface area (Å²) in [7, 11) is 3.34. The lowest BCUT2D eigenvalue weighted by Gasteiger charge is -2.08. The van der Waals surface area contributed by atoms with Gasteiger partial charge < -0.3 is 5.32 Å². The lowest BCUT2D eigenvalue weighted by Crippen LogP contribution is -2.32. The van der Waals surface area contributed by atoms with Gasteiger partial charge in [-0.25, -0.2) is 0 Å². The van der Waals surface area contributed by atoms with Crippen LogP contribution in [0.5, 0.6) is 0 Å². The third kappa shape index (κ3) is 3.73. The van der Waals surface area contributed by atoms with E-state index in [1.54, 1.807) is 14.1 Å². The summed E-state index contributed by atoms with van der Waals surface area (Å²) in [6.45, 7) is 2.76. The van der Waals surface area contributed by atoms with E-state index >= 15 is 0 Å². The first-order valence-corrected chi connectivity index (χ1v) is 6.65. The number of aliphatic imine (C=N–C) groups is 1. The lowest BCUT2D eigenvalue weighted by molar-refractivity contribution is -0.128. The molecule has 1 fully saturated rings. The highest BCUT2D eigenvalue weighted by Crippen LogP contribution is 2.27. The molecule has 0 aromatic heterocycles. The topological polar surface area (TPSA) is 61.8 Å². The van der Waals surface area contributed by atoms with Crippen LogP contribution in [-0.2, 0) is 9.59 Å². The minimum absolute atomic E-state index is 0.0405. The van der Waals surface area contributed by atoms with Crippen molar-refractivity contribution >= 4 is 28.7 Å². The Morgan fingerprint density at radius 3 is 2.82 bits per heavy atom. The quantitative estimate of drug-likeness (QED) is 0.743. The zero-order valence-electron chi connectivity index (χ0n) is 10.5. The van der Waals surface area contributed by atoms with Crippen LogP contribution in [0.3, 0.4) is 0 Å². The summed E-state index contributed by atoms with van der Waals surface area (Å²) < 4.78 is 0. The smallest absolute Gasteiger partial charge is 0.242 e. The maximum atomic E-state index is 11.8. The Morgan fingerprint density at radius 1 is 1.59 bits per heavy atom. The molecule has 17 heavy (non-hydrogen) atoms. The molecule has 1 saturated heterocycles. The molecule has 0 bridgehead atoms. The summed E-state index contributed by atoms with van der Waals surface area (Å²) >= 11 is 1.36. The number of rotatable bonds is 5. The molecule has 0 aromatic carbocycles. The van der Waals surface area contributed by atoms with Gasteiger partial charge in [0.05, 0.1) is 0 Å². The Bertz CT molecular complexity index is 331. The number of amidine groups is 1. The van der Waals surface area contributed by atoms with Crippen LogP contribution in [0, 0.1) is 0 Å². The maximum Gasteiger partial charge on any atom is 0.242 e. The summed E-state index contributed by atoms with van der Waals surface area (Å²) in [6, 6.07) is 0. The van der Waals surface area contributed by atoms with Gasteiger partial charge in [0.15, 0.2) is 5.17 Å². The molecule has 6 heteroatoms. The third-order valence-corrected chi connectivity index (χ3v) is 3.88. The third-order valence-electron chi connectivity index (χ3n) is 2.56. The number of hydrogen-bond donors (Lipinski definition) is 1. The first-order chi connectivity index (χ1) is 8.10. The highest BCUT2D eigenvalue weighted by atomic mass is 32.2. The predicted molar refractivity (Wildman–Crippen MR) is 70.0 cm³/mol. The van der Waals surface area contributed by atoms with Crippen LogP contribution in [0.4, 0.5) is 0 Å². The Morgan fingerprint density at radius 2 is 2.29 bits per heavy atom. The molecule has 0 aromatic rings. The minimum atomic E-state index is -0.319. The SMILES string of the molecule is CCCCNC(=O)C[C@@H]1SC(=NC)N(C)C1=O. The number of carbonyl (C=O) groups excluding carboxylic acids is 2. The fraction of sp³-hybridized carbons (Fsp3) is 0.727. The van der Waals surface area contributed by atoms with Gasteiger partial charge in [-0.2, -0.15) is 0 Å². The average Bonchev–Trinajstić information content (AvgIpc) is 2.57. The Balaban J connectivity index is 2.42. The zero-order valence-corrected chi connectivity index (χ0v) is 11.3. The van der Waals surface area contributed by atoms with E-state index in [9.17, 15) is 9.59 Å². The fourth-order valence-electron chi connectivity index (χ4n) is 1.54. The molecule has 1 atom stereocenters. The Hall–Kier alpha value is -1.04. The summed E-state index contributed by atoms with van der Waals surface area (Å²) in [5.41, 5.74) is 0. The Labute approximate surface area is 106 Å². The van der Waals surface area contributed by atoms with Crippen molar-refractivity contribution in [1.82, 2.24) is 10.2 Å². The van der Waals surface area contributed by atoms with Crippen molar-refractivity contribution in [1.29, 1.82) is 0 Å². The molecule has 5 nitrogen and oxygen atoms in total.